The smallest absolute Gasteiger partial charge is 0.322 e. The Balaban J connectivity index is 3.20. The monoisotopic (exact) mass is 204 g/mol. The van der Waals surface area contributed by atoms with E-state index in [4.69, 9.17) is 25.8 Å². The van der Waals surface area contributed by atoms with Crippen molar-refractivity contribution in [3.63, 3.8) is 0 Å². The first-order valence-corrected chi connectivity index (χ1v) is 3.80. The van der Waals surface area contributed by atoms with Crippen molar-refractivity contribution >= 4 is 11.6 Å². The lowest BCUT2D eigenvalue weighted by atomic mass is 10.6. The minimum atomic E-state index is 0.151. The Morgan fingerprint density at radius 1 is 0.923 bits per heavy atom. The second kappa shape index (κ2) is 4.13. The molecule has 72 valence electrons. The van der Waals surface area contributed by atoms with E-state index < -0.39 is 0 Å². The molecule has 1 heterocycles. The number of methoxy groups -OCH3 is 3. The van der Waals surface area contributed by atoms with Crippen molar-refractivity contribution in [2.45, 2.75) is 0 Å². The van der Waals surface area contributed by atoms with Gasteiger partial charge in [-0.05, 0) is 0 Å². The van der Waals surface area contributed by atoms with E-state index in [1.807, 2.05) is 0 Å². The molecule has 1 aromatic rings. The van der Waals surface area contributed by atoms with Crippen LogP contribution in [-0.4, -0.2) is 31.3 Å². The lowest BCUT2D eigenvalue weighted by molar-refractivity contribution is 0.330. The largest absolute Gasteiger partial charge is 0.480 e. The van der Waals surface area contributed by atoms with Gasteiger partial charge in [0.05, 0.1) is 21.3 Å². The molecule has 0 fully saturated rings. The predicted molar refractivity (Wildman–Crippen MR) is 46.7 cm³/mol. The molecule has 0 aliphatic carbocycles. The second-order valence-corrected chi connectivity index (χ2v) is 2.42. The maximum Gasteiger partial charge on any atom is 0.322 e. The van der Waals surface area contributed by atoms with Crippen molar-refractivity contribution in [1.29, 1.82) is 0 Å². The van der Waals surface area contributed by atoms with E-state index in [0.717, 1.165) is 0 Å². The van der Waals surface area contributed by atoms with E-state index in [9.17, 15) is 0 Å². The molecule has 0 N–H and O–H groups in total. The fourth-order valence-electron chi connectivity index (χ4n) is 0.750. The molecule has 0 amide bonds. The van der Waals surface area contributed by atoms with Crippen LogP contribution in [0.3, 0.4) is 0 Å². The van der Waals surface area contributed by atoms with Crippen molar-refractivity contribution in [1.82, 2.24) is 9.97 Å². The zero-order chi connectivity index (χ0) is 9.84. The van der Waals surface area contributed by atoms with Crippen LogP contribution in [0.2, 0.25) is 5.02 Å². The first kappa shape index (κ1) is 9.85. The quantitative estimate of drug-likeness (QED) is 0.740. The maximum atomic E-state index is 5.81. The molecule has 1 rings (SSSR count). The Bertz CT molecular complexity index is 281. The standard InChI is InChI=1S/C7H9ClN2O3/c1-11-5-4(8)6(12-2)10-7(9-5)13-3/h1-3H3. The molecule has 0 saturated heterocycles. The van der Waals surface area contributed by atoms with Gasteiger partial charge in [-0.3, -0.25) is 0 Å². The molecule has 0 unspecified atom stereocenters. The second-order valence-electron chi connectivity index (χ2n) is 2.04. The number of aromatic nitrogens is 2. The van der Waals surface area contributed by atoms with Crippen molar-refractivity contribution in [3.8, 4) is 17.8 Å². The SMILES string of the molecule is COc1nc(OC)c(Cl)c(OC)n1. The minimum absolute atomic E-state index is 0.151. The van der Waals surface area contributed by atoms with Gasteiger partial charge in [0, 0.05) is 0 Å². The highest BCUT2D eigenvalue weighted by Gasteiger charge is 2.13. The number of ether oxygens (including phenoxy) is 3. The highest BCUT2D eigenvalue weighted by Crippen LogP contribution is 2.31. The Morgan fingerprint density at radius 3 is 1.69 bits per heavy atom. The number of hydrogen-bond acceptors (Lipinski definition) is 5. The normalized spacial score (nSPS) is 9.54. The summed E-state index contributed by atoms with van der Waals surface area (Å²) in [4.78, 5) is 7.70. The van der Waals surface area contributed by atoms with E-state index in [2.05, 4.69) is 9.97 Å². The number of halogens is 1. The van der Waals surface area contributed by atoms with Crippen LogP contribution in [0.4, 0.5) is 0 Å². The molecule has 0 atom stereocenters. The number of hydrogen-bond donors (Lipinski definition) is 0. The highest BCUT2D eigenvalue weighted by atomic mass is 35.5. The third-order valence-electron chi connectivity index (χ3n) is 1.34. The van der Waals surface area contributed by atoms with Gasteiger partial charge in [0.1, 0.15) is 0 Å². The van der Waals surface area contributed by atoms with Crippen LogP contribution in [0, 0.1) is 0 Å². The lowest BCUT2D eigenvalue weighted by Gasteiger charge is -2.07. The van der Waals surface area contributed by atoms with Crippen molar-refractivity contribution < 1.29 is 14.2 Å². The van der Waals surface area contributed by atoms with Crippen molar-refractivity contribution in [3.05, 3.63) is 5.02 Å². The van der Waals surface area contributed by atoms with E-state index in [0.29, 0.717) is 0 Å². The van der Waals surface area contributed by atoms with Crippen molar-refractivity contribution in [2.24, 2.45) is 0 Å². The van der Waals surface area contributed by atoms with Gasteiger partial charge in [-0.15, -0.1) is 0 Å². The molecular formula is C7H9ClN2O3. The number of nitrogens with zero attached hydrogens (tertiary/aromatic N) is 2. The van der Waals surface area contributed by atoms with Crippen LogP contribution in [-0.2, 0) is 0 Å². The zero-order valence-corrected chi connectivity index (χ0v) is 8.25. The van der Waals surface area contributed by atoms with Crippen LogP contribution in [0.15, 0.2) is 0 Å². The Labute approximate surface area is 80.6 Å². The fraction of sp³-hybridized carbons (Fsp3) is 0.429. The van der Waals surface area contributed by atoms with E-state index in [1.54, 1.807) is 0 Å². The molecule has 1 aromatic heterocycles. The Kier molecular flexibility index (Phi) is 3.13. The molecule has 0 aromatic carbocycles. The summed E-state index contributed by atoms with van der Waals surface area (Å²) in [6.07, 6.45) is 0. The Hall–Kier alpha value is -1.23. The summed E-state index contributed by atoms with van der Waals surface area (Å²) in [5, 5.41) is 0.228. The lowest BCUT2D eigenvalue weighted by Crippen LogP contribution is -1.99. The van der Waals surface area contributed by atoms with Gasteiger partial charge in [0.2, 0.25) is 11.8 Å². The molecule has 0 aliphatic heterocycles. The molecule has 0 saturated carbocycles. The molecule has 0 spiro atoms. The maximum absolute atomic E-state index is 5.81. The molecule has 0 bridgehead atoms. The average molecular weight is 205 g/mol. The zero-order valence-electron chi connectivity index (χ0n) is 7.50. The van der Waals surface area contributed by atoms with Gasteiger partial charge in [-0.25, -0.2) is 0 Å². The van der Waals surface area contributed by atoms with Crippen molar-refractivity contribution in [2.75, 3.05) is 21.3 Å². The number of rotatable bonds is 3. The van der Waals surface area contributed by atoms with Gasteiger partial charge in [-0.2, -0.15) is 9.97 Å². The molecule has 0 radical (unpaired) electrons. The third-order valence-corrected chi connectivity index (χ3v) is 1.66. The average Bonchev–Trinajstić information content (AvgIpc) is 2.18. The van der Waals surface area contributed by atoms with Gasteiger partial charge >= 0.3 is 6.01 Å². The third kappa shape index (κ3) is 1.92. The summed E-state index contributed by atoms with van der Waals surface area (Å²) in [6.45, 7) is 0. The molecule has 6 heteroatoms. The molecule has 0 aliphatic rings. The topological polar surface area (TPSA) is 53.5 Å². The Morgan fingerprint density at radius 2 is 1.38 bits per heavy atom. The summed E-state index contributed by atoms with van der Waals surface area (Å²) in [5.41, 5.74) is 0. The van der Waals surface area contributed by atoms with Crippen LogP contribution >= 0.6 is 11.6 Å². The summed E-state index contributed by atoms with van der Waals surface area (Å²) in [5.74, 6) is 0.454. The fourth-order valence-corrected chi connectivity index (χ4v) is 0.989. The van der Waals surface area contributed by atoms with Crippen LogP contribution in [0.5, 0.6) is 17.8 Å². The molecule has 5 nitrogen and oxygen atoms in total. The van der Waals surface area contributed by atoms with Gasteiger partial charge in [-0.1, -0.05) is 11.6 Å². The first-order valence-electron chi connectivity index (χ1n) is 3.42. The summed E-state index contributed by atoms with van der Waals surface area (Å²) in [6, 6.07) is 0.151. The summed E-state index contributed by atoms with van der Waals surface area (Å²) < 4.78 is 14.6. The van der Waals surface area contributed by atoms with E-state index in [1.165, 1.54) is 21.3 Å². The summed E-state index contributed by atoms with van der Waals surface area (Å²) >= 11 is 5.81. The van der Waals surface area contributed by atoms with Crippen LogP contribution < -0.4 is 14.2 Å². The van der Waals surface area contributed by atoms with Crippen LogP contribution in [0.1, 0.15) is 0 Å². The summed E-state index contributed by atoms with van der Waals surface area (Å²) in [7, 11) is 4.35. The minimum Gasteiger partial charge on any atom is -0.480 e. The van der Waals surface area contributed by atoms with Gasteiger partial charge in [0.15, 0.2) is 5.02 Å². The molecular weight excluding hydrogens is 196 g/mol. The highest BCUT2D eigenvalue weighted by molar-refractivity contribution is 6.33. The first-order chi connectivity index (χ1) is 6.22. The van der Waals surface area contributed by atoms with E-state index in [-0.39, 0.29) is 22.8 Å². The van der Waals surface area contributed by atoms with E-state index >= 15 is 0 Å². The predicted octanol–water partition coefficient (Wildman–Crippen LogP) is 1.16. The van der Waals surface area contributed by atoms with Gasteiger partial charge in [0.25, 0.3) is 0 Å². The molecule has 13 heavy (non-hydrogen) atoms. The van der Waals surface area contributed by atoms with Crippen LogP contribution in [0.25, 0.3) is 0 Å². The van der Waals surface area contributed by atoms with Gasteiger partial charge < -0.3 is 14.2 Å².